The molecule has 6 nitrogen and oxygen atoms in total. The smallest absolute Gasteiger partial charge is 0.314 e. The van der Waals surface area contributed by atoms with E-state index in [1.807, 2.05) is 19.0 Å². The average molecular weight is 231 g/mol. The molecule has 0 aromatic heterocycles. The molecule has 1 fully saturated rings. The molecule has 2 amide bonds. The van der Waals surface area contributed by atoms with Crippen LogP contribution in [0.3, 0.4) is 0 Å². The normalized spacial score (nSPS) is 14.6. The van der Waals surface area contributed by atoms with Gasteiger partial charge in [0.2, 0.25) is 0 Å². The number of carbonyl (C=O) groups excluding carboxylic acids is 1. The van der Waals surface area contributed by atoms with Crippen molar-refractivity contribution in [3.63, 3.8) is 0 Å². The number of carboxylic acids is 1. The molecule has 1 saturated heterocycles. The van der Waals surface area contributed by atoms with E-state index in [1.165, 1.54) is 0 Å². The minimum absolute atomic E-state index is 0.229. The molecule has 0 atom stereocenters. The number of urea groups is 1. The fourth-order valence-corrected chi connectivity index (χ4v) is 1.26. The Morgan fingerprint density at radius 1 is 1.31 bits per heavy atom. The third-order valence-electron chi connectivity index (χ3n) is 2.19. The van der Waals surface area contributed by atoms with Crippen LogP contribution in [-0.2, 0) is 4.79 Å². The summed E-state index contributed by atoms with van der Waals surface area (Å²) in [6.45, 7) is 2.33. The first-order valence-electron chi connectivity index (χ1n) is 5.34. The van der Waals surface area contributed by atoms with Crippen molar-refractivity contribution < 1.29 is 14.7 Å². The highest BCUT2D eigenvalue weighted by Gasteiger charge is 2.13. The Kier molecular flexibility index (Phi) is 7.28. The van der Waals surface area contributed by atoms with Crippen molar-refractivity contribution in [2.24, 2.45) is 5.73 Å². The van der Waals surface area contributed by atoms with Crippen molar-refractivity contribution >= 4 is 12.0 Å². The Labute approximate surface area is 96.0 Å². The summed E-state index contributed by atoms with van der Waals surface area (Å²) in [5.41, 5.74) is 4.98. The number of carbonyl (C=O) groups is 2. The summed E-state index contributed by atoms with van der Waals surface area (Å²) in [5, 5.41) is 8.14. The lowest BCUT2D eigenvalue weighted by atomic mass is 10.4. The average Bonchev–Trinajstić information content (AvgIpc) is 2.68. The lowest BCUT2D eigenvalue weighted by molar-refractivity contribution is -0.137. The van der Waals surface area contributed by atoms with Crippen molar-refractivity contribution in [1.29, 1.82) is 0 Å². The lowest BCUT2D eigenvalue weighted by Gasteiger charge is -2.09. The quantitative estimate of drug-likeness (QED) is 0.725. The highest BCUT2D eigenvalue weighted by Crippen LogP contribution is 2.05. The predicted molar refractivity (Wildman–Crippen MR) is 61.2 cm³/mol. The van der Waals surface area contributed by atoms with Gasteiger partial charge >= 0.3 is 12.0 Å². The van der Waals surface area contributed by atoms with Crippen molar-refractivity contribution in [2.75, 3.05) is 33.7 Å². The SMILES string of the molecule is CN(C)CCC(=O)O.NC(=O)N1CCCC1. The molecule has 0 aromatic rings. The number of amides is 2. The number of hydrogen-bond acceptors (Lipinski definition) is 3. The molecule has 1 heterocycles. The van der Waals surface area contributed by atoms with E-state index in [9.17, 15) is 9.59 Å². The Morgan fingerprint density at radius 2 is 1.81 bits per heavy atom. The molecular formula is C10H21N3O3. The topological polar surface area (TPSA) is 86.9 Å². The molecule has 0 spiro atoms. The van der Waals surface area contributed by atoms with Gasteiger partial charge in [-0.1, -0.05) is 0 Å². The molecule has 0 saturated carbocycles. The van der Waals surface area contributed by atoms with Gasteiger partial charge in [-0.25, -0.2) is 4.79 Å². The molecule has 0 radical (unpaired) electrons. The van der Waals surface area contributed by atoms with Crippen LogP contribution in [0, 0.1) is 0 Å². The Bertz CT molecular complexity index is 225. The van der Waals surface area contributed by atoms with Crippen LogP contribution in [0.2, 0.25) is 0 Å². The second kappa shape index (κ2) is 7.92. The van der Waals surface area contributed by atoms with Crippen LogP contribution in [-0.4, -0.2) is 60.6 Å². The largest absolute Gasteiger partial charge is 0.481 e. The van der Waals surface area contributed by atoms with Crippen LogP contribution in [0.1, 0.15) is 19.3 Å². The fraction of sp³-hybridized carbons (Fsp3) is 0.800. The van der Waals surface area contributed by atoms with E-state index >= 15 is 0 Å². The number of rotatable bonds is 3. The minimum atomic E-state index is -0.737. The molecule has 0 aliphatic carbocycles. The first kappa shape index (κ1) is 14.7. The zero-order chi connectivity index (χ0) is 12.6. The van der Waals surface area contributed by atoms with E-state index in [2.05, 4.69) is 0 Å². The summed E-state index contributed by atoms with van der Waals surface area (Å²) in [6, 6.07) is -0.275. The van der Waals surface area contributed by atoms with Gasteiger partial charge in [-0.3, -0.25) is 4.79 Å². The molecule has 6 heteroatoms. The van der Waals surface area contributed by atoms with Gasteiger partial charge in [0.15, 0.2) is 0 Å². The second-order valence-corrected chi connectivity index (χ2v) is 3.98. The van der Waals surface area contributed by atoms with Crippen LogP contribution in [0.15, 0.2) is 0 Å². The first-order valence-corrected chi connectivity index (χ1v) is 5.34. The molecule has 0 unspecified atom stereocenters. The molecule has 16 heavy (non-hydrogen) atoms. The zero-order valence-electron chi connectivity index (χ0n) is 9.98. The zero-order valence-corrected chi connectivity index (χ0v) is 9.98. The van der Waals surface area contributed by atoms with Crippen LogP contribution >= 0.6 is 0 Å². The van der Waals surface area contributed by atoms with Gasteiger partial charge in [-0.15, -0.1) is 0 Å². The van der Waals surface area contributed by atoms with Crippen LogP contribution < -0.4 is 5.73 Å². The summed E-state index contributed by atoms with van der Waals surface area (Å²) in [5.74, 6) is -0.737. The van der Waals surface area contributed by atoms with Gasteiger partial charge in [0.25, 0.3) is 0 Å². The molecule has 94 valence electrons. The van der Waals surface area contributed by atoms with Gasteiger partial charge < -0.3 is 20.6 Å². The van der Waals surface area contributed by atoms with Crippen molar-refractivity contribution in [3.8, 4) is 0 Å². The van der Waals surface area contributed by atoms with E-state index in [4.69, 9.17) is 10.8 Å². The van der Waals surface area contributed by atoms with Gasteiger partial charge in [0.05, 0.1) is 6.42 Å². The van der Waals surface area contributed by atoms with E-state index in [-0.39, 0.29) is 12.5 Å². The molecule has 0 bridgehead atoms. The summed E-state index contributed by atoms with van der Waals surface area (Å²) in [7, 11) is 3.70. The van der Waals surface area contributed by atoms with E-state index in [1.54, 1.807) is 4.90 Å². The second-order valence-electron chi connectivity index (χ2n) is 3.98. The number of primary amides is 1. The number of likely N-dealkylation sites (tertiary alicyclic amines) is 1. The predicted octanol–water partition coefficient (Wildman–Crippen LogP) is 0.184. The fourth-order valence-electron chi connectivity index (χ4n) is 1.26. The van der Waals surface area contributed by atoms with Gasteiger partial charge in [0.1, 0.15) is 0 Å². The Balaban J connectivity index is 0.000000281. The molecule has 1 aliphatic heterocycles. The summed E-state index contributed by atoms with van der Waals surface area (Å²) in [6.07, 6.45) is 2.46. The van der Waals surface area contributed by atoms with E-state index < -0.39 is 5.97 Å². The van der Waals surface area contributed by atoms with Gasteiger partial charge in [-0.05, 0) is 26.9 Å². The molecule has 3 N–H and O–H groups in total. The third kappa shape index (κ3) is 8.05. The molecular weight excluding hydrogens is 210 g/mol. The minimum Gasteiger partial charge on any atom is -0.481 e. The van der Waals surface area contributed by atoms with Gasteiger partial charge in [-0.2, -0.15) is 0 Å². The maximum Gasteiger partial charge on any atom is 0.314 e. The van der Waals surface area contributed by atoms with Gasteiger partial charge in [0, 0.05) is 19.6 Å². The summed E-state index contributed by atoms with van der Waals surface area (Å²) in [4.78, 5) is 23.7. The van der Waals surface area contributed by atoms with E-state index in [0.717, 1.165) is 25.9 Å². The number of hydrogen-bond donors (Lipinski definition) is 2. The number of carboxylic acid groups (broad SMARTS) is 1. The third-order valence-corrected chi connectivity index (χ3v) is 2.19. The maximum atomic E-state index is 10.3. The van der Waals surface area contributed by atoms with Crippen molar-refractivity contribution in [1.82, 2.24) is 9.80 Å². The lowest BCUT2D eigenvalue weighted by Crippen LogP contribution is -2.32. The Morgan fingerprint density at radius 3 is 2.00 bits per heavy atom. The van der Waals surface area contributed by atoms with Crippen molar-refractivity contribution in [2.45, 2.75) is 19.3 Å². The Hall–Kier alpha value is -1.30. The number of nitrogens with zero attached hydrogens (tertiary/aromatic N) is 2. The maximum absolute atomic E-state index is 10.3. The first-order chi connectivity index (χ1) is 7.43. The monoisotopic (exact) mass is 231 g/mol. The highest BCUT2D eigenvalue weighted by atomic mass is 16.4. The van der Waals surface area contributed by atoms with E-state index in [0.29, 0.717) is 6.54 Å². The molecule has 1 rings (SSSR count). The summed E-state index contributed by atoms with van der Waals surface area (Å²) < 4.78 is 0. The highest BCUT2D eigenvalue weighted by molar-refractivity contribution is 5.72. The number of nitrogens with two attached hydrogens (primary N) is 1. The summed E-state index contributed by atoms with van der Waals surface area (Å²) >= 11 is 0. The molecule has 0 aromatic carbocycles. The van der Waals surface area contributed by atoms with Crippen LogP contribution in [0.25, 0.3) is 0 Å². The standard InChI is InChI=1S/C5H10N2O.C5H11NO2/c6-5(8)7-3-1-2-4-7;1-6(2)4-3-5(7)8/h1-4H2,(H2,6,8);3-4H2,1-2H3,(H,7,8). The number of aliphatic carboxylic acids is 1. The van der Waals surface area contributed by atoms with Crippen LogP contribution in [0.5, 0.6) is 0 Å². The van der Waals surface area contributed by atoms with Crippen molar-refractivity contribution in [3.05, 3.63) is 0 Å². The molecule has 1 aliphatic rings. The van der Waals surface area contributed by atoms with Crippen LogP contribution in [0.4, 0.5) is 4.79 Å².